The molecule has 3 N–H and O–H groups in total. The summed E-state index contributed by atoms with van der Waals surface area (Å²) >= 11 is 0. The fourth-order valence-corrected chi connectivity index (χ4v) is 3.50. The highest BCUT2D eigenvalue weighted by atomic mass is 16.2. The molecule has 0 aromatic heterocycles. The van der Waals surface area contributed by atoms with Crippen LogP contribution < -0.4 is 11.1 Å². The lowest BCUT2D eigenvalue weighted by molar-refractivity contribution is -0.137. The van der Waals surface area contributed by atoms with E-state index >= 15 is 0 Å². The molecule has 0 aromatic carbocycles. The van der Waals surface area contributed by atoms with Gasteiger partial charge in [-0.25, -0.2) is 0 Å². The summed E-state index contributed by atoms with van der Waals surface area (Å²) in [5, 5.41) is 2.86. The van der Waals surface area contributed by atoms with Crippen molar-refractivity contribution in [2.75, 3.05) is 39.3 Å². The fourth-order valence-electron chi connectivity index (χ4n) is 3.50. The number of likely N-dealkylation sites (tertiary alicyclic amines) is 2. The predicted molar refractivity (Wildman–Crippen MR) is 86.3 cm³/mol. The van der Waals surface area contributed by atoms with Crippen LogP contribution in [0.4, 0.5) is 0 Å². The van der Waals surface area contributed by atoms with Gasteiger partial charge in [-0.1, -0.05) is 0 Å². The molecular weight excluding hydrogens is 280 g/mol. The number of nitrogens with one attached hydrogen (secondary N) is 1. The molecule has 2 fully saturated rings. The van der Waals surface area contributed by atoms with Crippen LogP contribution in [0.3, 0.4) is 0 Å². The van der Waals surface area contributed by atoms with Gasteiger partial charge in [-0.3, -0.25) is 14.5 Å². The van der Waals surface area contributed by atoms with Crippen LogP contribution in [0.15, 0.2) is 0 Å². The summed E-state index contributed by atoms with van der Waals surface area (Å²) in [5.41, 5.74) is 5.42. The molecule has 0 aromatic rings. The largest absolute Gasteiger partial charge is 0.355 e. The van der Waals surface area contributed by atoms with Crippen molar-refractivity contribution in [3.8, 4) is 0 Å². The van der Waals surface area contributed by atoms with Gasteiger partial charge in [-0.05, 0) is 45.6 Å². The molecule has 0 bridgehead atoms. The fraction of sp³-hybridized carbons (Fsp3) is 0.875. The lowest BCUT2D eigenvalue weighted by Crippen LogP contribution is -2.50. The summed E-state index contributed by atoms with van der Waals surface area (Å²) in [4.78, 5) is 28.7. The van der Waals surface area contributed by atoms with E-state index in [1.54, 1.807) is 0 Å². The third-order valence-electron chi connectivity index (χ3n) is 4.80. The van der Waals surface area contributed by atoms with Crippen LogP contribution in [-0.4, -0.2) is 66.9 Å². The van der Waals surface area contributed by atoms with E-state index in [4.69, 9.17) is 5.73 Å². The van der Waals surface area contributed by atoms with Crippen LogP contribution in [0.1, 0.15) is 39.0 Å². The zero-order valence-electron chi connectivity index (χ0n) is 13.7. The van der Waals surface area contributed by atoms with Crippen LogP contribution in [-0.2, 0) is 9.59 Å². The molecule has 2 amide bonds. The van der Waals surface area contributed by atoms with Crippen molar-refractivity contribution in [3.05, 3.63) is 0 Å². The molecule has 6 heteroatoms. The van der Waals surface area contributed by atoms with Gasteiger partial charge < -0.3 is 16.0 Å². The third-order valence-corrected chi connectivity index (χ3v) is 4.80. The van der Waals surface area contributed by atoms with E-state index in [9.17, 15) is 9.59 Å². The highest BCUT2D eigenvalue weighted by Crippen LogP contribution is 2.19. The van der Waals surface area contributed by atoms with Crippen molar-refractivity contribution in [3.63, 3.8) is 0 Å². The van der Waals surface area contributed by atoms with Crippen molar-refractivity contribution in [1.82, 2.24) is 15.1 Å². The lowest BCUT2D eigenvalue weighted by Gasteiger charge is -2.37. The molecule has 0 radical (unpaired) electrons. The van der Waals surface area contributed by atoms with Crippen LogP contribution in [0.2, 0.25) is 0 Å². The van der Waals surface area contributed by atoms with E-state index < -0.39 is 0 Å². The number of piperidine rings is 2. The maximum atomic E-state index is 12.5. The Hall–Kier alpha value is -1.14. The van der Waals surface area contributed by atoms with Gasteiger partial charge in [0, 0.05) is 32.2 Å². The summed E-state index contributed by atoms with van der Waals surface area (Å²) < 4.78 is 0. The molecule has 6 nitrogen and oxygen atoms in total. The van der Waals surface area contributed by atoms with Crippen molar-refractivity contribution < 1.29 is 9.59 Å². The second-order valence-electron chi connectivity index (χ2n) is 6.59. The Kier molecular flexibility index (Phi) is 6.64. The molecule has 2 unspecified atom stereocenters. The molecular formula is C16H30N4O2. The highest BCUT2D eigenvalue weighted by Gasteiger charge is 2.29. The van der Waals surface area contributed by atoms with Gasteiger partial charge >= 0.3 is 0 Å². The highest BCUT2D eigenvalue weighted by molar-refractivity contribution is 5.80. The van der Waals surface area contributed by atoms with E-state index in [1.165, 1.54) is 6.42 Å². The maximum Gasteiger partial charge on any atom is 0.236 e. The number of nitrogens with zero attached hydrogens (tertiary/aromatic N) is 2. The lowest BCUT2D eigenvalue weighted by atomic mass is 9.97. The Balaban J connectivity index is 1.81. The number of hydrogen-bond acceptors (Lipinski definition) is 4. The van der Waals surface area contributed by atoms with Crippen molar-refractivity contribution >= 4 is 11.8 Å². The predicted octanol–water partition coefficient (Wildman–Crippen LogP) is 0.174. The molecule has 2 rings (SSSR count). The minimum absolute atomic E-state index is 0.00752. The molecule has 0 spiro atoms. The summed E-state index contributed by atoms with van der Waals surface area (Å²) in [5.74, 6) is 0.288. The normalized spacial score (nSPS) is 26.7. The Morgan fingerprint density at radius 1 is 1.18 bits per heavy atom. The quantitative estimate of drug-likeness (QED) is 0.759. The average molecular weight is 310 g/mol. The Morgan fingerprint density at radius 2 is 2.00 bits per heavy atom. The number of amides is 2. The van der Waals surface area contributed by atoms with Crippen LogP contribution >= 0.6 is 0 Å². The van der Waals surface area contributed by atoms with E-state index in [-0.39, 0.29) is 17.7 Å². The molecule has 126 valence electrons. The standard InChI is InChI=1S/C16H30N4O2/c1-13-5-2-3-10-20(13)15(21)12-19-9-4-6-14(11-19)16(22)18-8-7-17/h13-14H,2-12,17H2,1H3,(H,18,22). The first-order valence-corrected chi connectivity index (χ1v) is 8.61. The molecule has 22 heavy (non-hydrogen) atoms. The van der Waals surface area contributed by atoms with Crippen LogP contribution in [0.25, 0.3) is 0 Å². The van der Waals surface area contributed by atoms with Crippen molar-refractivity contribution in [2.45, 2.75) is 45.1 Å². The van der Waals surface area contributed by atoms with Gasteiger partial charge in [0.1, 0.15) is 0 Å². The SMILES string of the molecule is CC1CCCCN1C(=O)CN1CCCC(C(=O)NCCN)C1. The summed E-state index contributed by atoms with van der Waals surface area (Å²) in [6.07, 6.45) is 5.32. The second kappa shape index (κ2) is 8.48. The molecule has 0 aliphatic carbocycles. The van der Waals surface area contributed by atoms with Gasteiger partial charge in [0.05, 0.1) is 12.5 Å². The van der Waals surface area contributed by atoms with Crippen LogP contribution in [0.5, 0.6) is 0 Å². The molecule has 2 aliphatic rings. The number of carbonyl (C=O) groups excluding carboxylic acids is 2. The van der Waals surface area contributed by atoms with E-state index in [1.807, 2.05) is 4.90 Å². The summed E-state index contributed by atoms with van der Waals surface area (Å²) in [6, 6.07) is 0.356. The number of hydrogen-bond donors (Lipinski definition) is 2. The van der Waals surface area contributed by atoms with Crippen molar-refractivity contribution in [2.24, 2.45) is 11.7 Å². The first kappa shape index (κ1) is 17.2. The zero-order valence-corrected chi connectivity index (χ0v) is 13.7. The second-order valence-corrected chi connectivity index (χ2v) is 6.59. The first-order chi connectivity index (χ1) is 10.6. The Labute approximate surface area is 133 Å². The Bertz CT molecular complexity index is 388. The van der Waals surface area contributed by atoms with Gasteiger partial charge in [0.2, 0.25) is 11.8 Å². The van der Waals surface area contributed by atoms with Crippen LogP contribution in [0, 0.1) is 5.92 Å². The molecule has 2 saturated heterocycles. The molecule has 2 heterocycles. The zero-order chi connectivity index (χ0) is 15.9. The average Bonchev–Trinajstić information content (AvgIpc) is 2.53. The first-order valence-electron chi connectivity index (χ1n) is 8.61. The van der Waals surface area contributed by atoms with E-state index in [0.29, 0.717) is 32.2 Å². The van der Waals surface area contributed by atoms with Gasteiger partial charge in [0.25, 0.3) is 0 Å². The van der Waals surface area contributed by atoms with Gasteiger partial charge in [-0.15, -0.1) is 0 Å². The van der Waals surface area contributed by atoms with E-state index in [0.717, 1.165) is 38.8 Å². The van der Waals surface area contributed by atoms with E-state index in [2.05, 4.69) is 17.1 Å². The minimum Gasteiger partial charge on any atom is -0.355 e. The van der Waals surface area contributed by atoms with Gasteiger partial charge in [-0.2, -0.15) is 0 Å². The van der Waals surface area contributed by atoms with Gasteiger partial charge in [0.15, 0.2) is 0 Å². The number of rotatable bonds is 5. The minimum atomic E-state index is -0.00752. The number of nitrogens with two attached hydrogens (primary N) is 1. The monoisotopic (exact) mass is 310 g/mol. The topological polar surface area (TPSA) is 78.7 Å². The molecule has 0 saturated carbocycles. The molecule has 2 atom stereocenters. The smallest absolute Gasteiger partial charge is 0.236 e. The summed E-state index contributed by atoms with van der Waals surface area (Å²) in [6.45, 7) is 6.06. The van der Waals surface area contributed by atoms with Crippen molar-refractivity contribution in [1.29, 1.82) is 0 Å². The third kappa shape index (κ3) is 4.68. The maximum absolute atomic E-state index is 12.5. The molecule has 2 aliphatic heterocycles. The number of carbonyl (C=O) groups is 2. The summed E-state index contributed by atoms with van der Waals surface area (Å²) in [7, 11) is 0. The Morgan fingerprint density at radius 3 is 2.73 bits per heavy atom.